The molecule has 5 aromatic rings. The molecule has 2 aromatic carbocycles. The third-order valence-electron chi connectivity index (χ3n) is 14.3. The molecule has 2 aliphatic heterocycles. The van der Waals surface area contributed by atoms with Crippen LogP contribution in [0, 0.1) is 22.5 Å². The number of hydrazine groups is 1. The molecule has 1 saturated carbocycles. The van der Waals surface area contributed by atoms with Gasteiger partial charge in [-0.15, -0.1) is 11.3 Å². The highest BCUT2D eigenvalue weighted by Crippen LogP contribution is 2.44. The number of carbonyl (C=O) groups is 3. The number of nitrogens with zero attached hydrogens (tertiary/aromatic N) is 7. The predicted molar refractivity (Wildman–Crippen MR) is 291 cm³/mol. The minimum atomic E-state index is -5.02. The first-order valence-electron chi connectivity index (χ1n) is 25.7. The molecule has 5 heterocycles. The number of carbonyl (C=O) groups excluding carboxylic acids is 2. The minimum absolute atomic E-state index is 0.0415. The number of aliphatic hydroxyl groups is 1. The zero-order chi connectivity index (χ0) is 55.0. The van der Waals surface area contributed by atoms with Gasteiger partial charge in [-0.1, -0.05) is 32.0 Å². The molecule has 4 atom stereocenters. The van der Waals surface area contributed by atoms with Crippen molar-refractivity contribution < 1.29 is 47.4 Å². The first kappa shape index (κ1) is 56.0. The molecule has 0 spiro atoms. The Morgan fingerprint density at radius 2 is 1.76 bits per heavy atom. The summed E-state index contributed by atoms with van der Waals surface area (Å²) in [7, 11) is -3.36. The van der Waals surface area contributed by atoms with E-state index >= 15 is 8.42 Å². The average molecular weight is 1090 g/mol. The van der Waals surface area contributed by atoms with Crippen molar-refractivity contribution in [3.05, 3.63) is 86.0 Å². The number of nitro benzene ring substituents is 1. The summed E-state index contributed by atoms with van der Waals surface area (Å²) in [6.45, 7) is 18.4. The van der Waals surface area contributed by atoms with Gasteiger partial charge in [0.2, 0.25) is 10.0 Å². The lowest BCUT2D eigenvalue weighted by Gasteiger charge is -2.36. The first-order valence-corrected chi connectivity index (χ1v) is 28.2. The molecular weight excluding hydrogens is 1020 g/mol. The Labute approximate surface area is 447 Å². The number of benzene rings is 2. The zero-order valence-corrected chi connectivity index (χ0v) is 46.2. The number of aromatic nitrogens is 3. The number of methoxy groups -OCH3 is 1. The van der Waals surface area contributed by atoms with E-state index < -0.39 is 72.6 Å². The van der Waals surface area contributed by atoms with Crippen LogP contribution in [0.3, 0.4) is 0 Å². The largest absolute Gasteiger partial charge is 0.480 e. The number of nitrogens with one attached hydrogen (secondary N) is 3. The number of aliphatic carboxylic acids is 1. The molecule has 3 fully saturated rings. The molecule has 8 rings (SSSR count). The number of anilines is 2. The molecule has 0 unspecified atom stereocenters. The topological polar surface area (TPSA) is 264 Å². The number of hydrogen-bond donors (Lipinski definition) is 5. The van der Waals surface area contributed by atoms with Crippen LogP contribution in [0.15, 0.2) is 54.0 Å². The fourth-order valence-corrected chi connectivity index (χ4v) is 13.0. The smallest absolute Gasteiger partial charge is 0.408 e. The Bertz CT molecular complexity index is 3100. The molecule has 0 radical (unpaired) electrons. The van der Waals surface area contributed by atoms with Gasteiger partial charge in [-0.2, -0.15) is 0 Å². The van der Waals surface area contributed by atoms with Crippen LogP contribution in [0.4, 0.5) is 21.9 Å². The van der Waals surface area contributed by atoms with Crippen LogP contribution < -0.4 is 20.4 Å². The highest BCUT2D eigenvalue weighted by Gasteiger charge is 2.47. The maximum absolute atomic E-state index is 15.2. The van der Waals surface area contributed by atoms with E-state index in [0.29, 0.717) is 30.3 Å². The molecule has 76 heavy (non-hydrogen) atoms. The van der Waals surface area contributed by atoms with Gasteiger partial charge < -0.3 is 34.5 Å². The molecule has 2 saturated heterocycles. The van der Waals surface area contributed by atoms with Crippen LogP contribution in [-0.4, -0.2) is 136 Å². The summed E-state index contributed by atoms with van der Waals surface area (Å²) in [5.41, 5.74) is 6.53. The van der Waals surface area contributed by atoms with Crippen LogP contribution >= 0.6 is 11.3 Å². The molecule has 1 aliphatic carbocycles. The van der Waals surface area contributed by atoms with E-state index in [4.69, 9.17) is 19.4 Å². The number of para-hydroxylation sites is 1. The summed E-state index contributed by atoms with van der Waals surface area (Å²) in [6.07, 6.45) is 3.75. The van der Waals surface area contributed by atoms with Crippen molar-refractivity contribution in [3.8, 4) is 22.5 Å². The molecule has 410 valence electrons. The number of aliphatic hydroxyl groups excluding tert-OH is 1. The lowest BCUT2D eigenvalue weighted by Crippen LogP contribution is -2.61. The summed E-state index contributed by atoms with van der Waals surface area (Å²) >= 11 is 0.893. The number of rotatable bonds is 19. The summed E-state index contributed by atoms with van der Waals surface area (Å²) < 4.78 is 46.4. The second-order valence-electron chi connectivity index (χ2n) is 21.7. The third kappa shape index (κ3) is 12.1. The lowest BCUT2D eigenvalue weighted by molar-refractivity contribution is -0.384. The number of piperazine rings is 1. The maximum Gasteiger partial charge on any atom is 0.408 e. The average Bonchev–Trinajstić information content (AvgIpc) is 4.09. The van der Waals surface area contributed by atoms with Crippen LogP contribution in [0.5, 0.6) is 0 Å². The van der Waals surface area contributed by atoms with Crippen LogP contribution in [0.2, 0.25) is 0 Å². The van der Waals surface area contributed by atoms with Crippen molar-refractivity contribution in [2.24, 2.45) is 5.41 Å². The number of fused-ring (bicyclic) bond motifs is 1. The Balaban J connectivity index is 1.28. The van der Waals surface area contributed by atoms with Crippen molar-refractivity contribution >= 4 is 67.3 Å². The number of hydrogen-bond acceptors (Lipinski definition) is 16. The van der Waals surface area contributed by atoms with Gasteiger partial charge in [0, 0.05) is 92.0 Å². The first-order chi connectivity index (χ1) is 35.9. The third-order valence-corrected chi connectivity index (χ3v) is 17.0. The highest BCUT2D eigenvalue weighted by atomic mass is 32.2. The number of carboxylic acids is 1. The summed E-state index contributed by atoms with van der Waals surface area (Å²) in [5, 5.41) is 36.8. The number of ether oxygens (including phenoxy) is 2. The minimum Gasteiger partial charge on any atom is -0.480 e. The Morgan fingerprint density at radius 3 is 2.39 bits per heavy atom. The van der Waals surface area contributed by atoms with E-state index in [0.717, 1.165) is 81.6 Å². The second-order valence-corrected chi connectivity index (χ2v) is 24.4. The Morgan fingerprint density at radius 1 is 1.04 bits per heavy atom. The van der Waals surface area contributed by atoms with E-state index in [1.807, 2.05) is 45.2 Å². The molecule has 5 N–H and O–H groups in total. The van der Waals surface area contributed by atoms with Crippen LogP contribution in [-0.2, 0) is 42.1 Å². The predicted octanol–water partition coefficient (Wildman–Crippen LogP) is 7.57. The van der Waals surface area contributed by atoms with Gasteiger partial charge in [-0.05, 0) is 109 Å². The molecule has 23 heteroatoms. The van der Waals surface area contributed by atoms with Gasteiger partial charge in [0.1, 0.15) is 28.4 Å². The normalized spacial score (nSPS) is 18.1. The lowest BCUT2D eigenvalue weighted by atomic mass is 9.84. The number of carboxylic acid groups (broad SMARTS) is 1. The Hall–Kier alpha value is -6.24. The van der Waals surface area contributed by atoms with Gasteiger partial charge in [0.25, 0.3) is 11.6 Å². The quantitative estimate of drug-likeness (QED) is 0.0394. The monoisotopic (exact) mass is 1090 g/mol. The summed E-state index contributed by atoms with van der Waals surface area (Å²) in [5.74, 6) is -2.26. The van der Waals surface area contributed by atoms with Crippen molar-refractivity contribution in [2.75, 3.05) is 56.1 Å². The summed E-state index contributed by atoms with van der Waals surface area (Å²) in [4.78, 5) is 67.4. The molecule has 2 amide bonds. The van der Waals surface area contributed by atoms with Crippen molar-refractivity contribution in [2.45, 2.75) is 129 Å². The number of aryl methyl sites for hydroxylation is 2. The number of thiazole rings is 1. The standard InChI is InChI=1S/C53H70N10O11S2/c1-10-61-42-19-16-33(25-36(42)38(27-53(7,8)30-64)46(61)37-26-35(28-54-43(37)32(3)73-9)60-23-21-59(22-24-60)34-17-18-34)41-29-75-48(55-41)47(76(71,72)58-39-14-11-13-31(2)45(39)63(69)70)44(56-51(68)74-52(4,5)6)49(65)62-20-12-15-40(57-62)50(66)67/h11,13-14,16,19,25-26,28-29,32,34,40,44,47,57-58,64H,10,12,15,17-18,20-24,27,30H2,1-9H3,(H,56,68)(H,66,67)/t32-,40-,44+,47-/m0/s1. The van der Waals surface area contributed by atoms with E-state index in [9.17, 15) is 34.7 Å². The van der Waals surface area contributed by atoms with Gasteiger partial charge in [0.15, 0.2) is 5.25 Å². The number of sulfonamides is 1. The molecular formula is C53H70N10O11S2. The van der Waals surface area contributed by atoms with E-state index in [1.165, 1.54) is 38.0 Å². The number of nitro groups is 1. The number of pyridine rings is 1. The van der Waals surface area contributed by atoms with Gasteiger partial charge in [-0.3, -0.25) is 39.3 Å². The zero-order valence-electron chi connectivity index (χ0n) is 44.6. The Kier molecular flexibility index (Phi) is 16.5. The molecule has 3 aliphatic rings. The fraction of sp³-hybridized carbons (Fsp3) is 0.528. The summed E-state index contributed by atoms with van der Waals surface area (Å²) in [6, 6.07) is 9.59. The van der Waals surface area contributed by atoms with Crippen molar-refractivity contribution in [1.82, 2.24) is 35.2 Å². The van der Waals surface area contributed by atoms with Gasteiger partial charge in [0.05, 0.1) is 40.0 Å². The van der Waals surface area contributed by atoms with E-state index in [-0.39, 0.29) is 42.7 Å². The maximum atomic E-state index is 15.2. The van der Waals surface area contributed by atoms with Gasteiger partial charge >= 0.3 is 12.1 Å². The molecule has 3 aromatic heterocycles. The van der Waals surface area contributed by atoms with Crippen molar-refractivity contribution in [3.63, 3.8) is 0 Å². The number of alkyl carbamates (subject to hydrolysis) is 1. The van der Waals surface area contributed by atoms with E-state index in [2.05, 4.69) is 42.8 Å². The number of amides is 2. The second kappa shape index (κ2) is 22.4. The molecule has 0 bridgehead atoms. The van der Waals surface area contributed by atoms with Crippen LogP contribution in [0.1, 0.15) is 107 Å². The van der Waals surface area contributed by atoms with Gasteiger partial charge in [-0.25, -0.2) is 23.6 Å². The SMILES string of the molecule is CCn1c(-c2cc(N3CCN(C4CC4)CC3)cnc2[C@H](C)OC)c(CC(C)(C)CO)c2cc(-c3csc([C@H]([C@@H](NC(=O)OC(C)(C)C)C(=O)N4CCC[C@@H](C(=O)O)N4)S(=O)(=O)Nc4cccc(C)c4[N+](=O)[O-])n3)ccc21. The molecule has 21 nitrogen and oxygen atoms in total. The fourth-order valence-electron chi connectivity index (χ4n) is 10.2. The van der Waals surface area contributed by atoms with E-state index in [1.54, 1.807) is 33.3 Å². The van der Waals surface area contributed by atoms with Crippen LogP contribution in [0.25, 0.3) is 33.4 Å². The van der Waals surface area contributed by atoms with Crippen molar-refractivity contribution in [1.29, 1.82) is 0 Å². The highest BCUT2D eigenvalue weighted by molar-refractivity contribution is 7.93.